The molecule has 1 fully saturated rings. The fourth-order valence-electron chi connectivity index (χ4n) is 4.72. The molecule has 35 heavy (non-hydrogen) atoms. The molecule has 0 aliphatic carbocycles. The van der Waals surface area contributed by atoms with Crippen molar-refractivity contribution in [1.29, 1.82) is 0 Å². The van der Waals surface area contributed by atoms with Gasteiger partial charge in [-0.15, -0.1) is 0 Å². The zero-order valence-electron chi connectivity index (χ0n) is 20.2. The van der Waals surface area contributed by atoms with Crippen molar-refractivity contribution < 1.29 is 28.0 Å². The number of aliphatic hydroxyl groups excluding tert-OH is 1. The van der Waals surface area contributed by atoms with E-state index >= 15 is 0 Å². The Balaban J connectivity index is 1.90. The second kappa shape index (κ2) is 11.3. The van der Waals surface area contributed by atoms with Crippen molar-refractivity contribution >= 4 is 21.5 Å². The van der Waals surface area contributed by atoms with E-state index in [-0.39, 0.29) is 35.1 Å². The molecule has 3 atom stereocenters. The molecule has 1 heterocycles. The van der Waals surface area contributed by atoms with Gasteiger partial charge in [0.1, 0.15) is 5.56 Å². The van der Waals surface area contributed by atoms with Gasteiger partial charge < -0.3 is 9.84 Å². The van der Waals surface area contributed by atoms with E-state index in [9.17, 15) is 28.4 Å². The number of ether oxygens (including phenoxy) is 1. The highest BCUT2D eigenvalue weighted by Crippen LogP contribution is 2.30. The van der Waals surface area contributed by atoms with Crippen LogP contribution >= 0.6 is 0 Å². The molecule has 0 aromatic heterocycles. The lowest BCUT2D eigenvalue weighted by Gasteiger charge is -2.42. The molecule has 1 aliphatic heterocycles. The predicted molar refractivity (Wildman–Crippen MR) is 132 cm³/mol. The molecule has 2 aromatic rings. The number of esters is 1. The summed E-state index contributed by atoms with van der Waals surface area (Å²) in [4.78, 5) is 24.8. The van der Waals surface area contributed by atoms with Gasteiger partial charge in [0.05, 0.1) is 35.7 Å². The maximum atomic E-state index is 12.9. The number of sulfone groups is 1. The smallest absolute Gasteiger partial charge is 0.344 e. The second-order valence-corrected chi connectivity index (χ2v) is 11.7. The number of aliphatic hydroxyl groups is 1. The summed E-state index contributed by atoms with van der Waals surface area (Å²) in [5.41, 5.74) is 0.957. The molecule has 10 heteroatoms. The topological polar surface area (TPSA) is 127 Å². The van der Waals surface area contributed by atoms with Crippen molar-refractivity contribution in [3.8, 4) is 0 Å². The van der Waals surface area contributed by atoms with E-state index < -0.39 is 38.8 Å². The first-order valence-electron chi connectivity index (χ1n) is 11.5. The Bertz CT molecular complexity index is 1150. The molecule has 3 unspecified atom stereocenters. The molecule has 0 amide bonds. The van der Waals surface area contributed by atoms with Crippen LogP contribution in [-0.2, 0) is 27.5 Å². The highest BCUT2D eigenvalue weighted by atomic mass is 32.2. The summed E-state index contributed by atoms with van der Waals surface area (Å²) in [5, 5.41) is 22.7. The second-order valence-electron chi connectivity index (χ2n) is 9.51. The van der Waals surface area contributed by atoms with Crippen LogP contribution in [0.2, 0.25) is 0 Å². The summed E-state index contributed by atoms with van der Waals surface area (Å²) in [7, 11) is -2.33. The summed E-state index contributed by atoms with van der Waals surface area (Å²) in [6.45, 7) is 5.21. The van der Waals surface area contributed by atoms with Crippen molar-refractivity contribution in [2.24, 2.45) is 11.8 Å². The molecule has 1 saturated heterocycles. The zero-order chi connectivity index (χ0) is 25.8. The van der Waals surface area contributed by atoms with E-state index in [2.05, 4.69) is 4.74 Å². The molecular weight excluding hydrogens is 472 g/mol. The van der Waals surface area contributed by atoms with Gasteiger partial charge in [0.25, 0.3) is 5.69 Å². The Morgan fingerprint density at radius 3 is 2.46 bits per heavy atom. The fraction of sp³-hybridized carbons (Fsp3) is 0.480. The minimum Gasteiger partial charge on any atom is -0.465 e. The average molecular weight is 505 g/mol. The van der Waals surface area contributed by atoms with E-state index in [0.717, 1.165) is 12.7 Å². The number of nitro benzene ring substituents is 1. The molecular formula is C25H32N2O7S. The number of nitro groups is 1. The molecule has 9 nitrogen and oxygen atoms in total. The lowest BCUT2D eigenvalue weighted by molar-refractivity contribution is -0.385. The van der Waals surface area contributed by atoms with Gasteiger partial charge in [-0.3, -0.25) is 15.0 Å². The van der Waals surface area contributed by atoms with Crippen molar-refractivity contribution in [2.45, 2.75) is 39.0 Å². The van der Waals surface area contributed by atoms with Crippen molar-refractivity contribution in [2.75, 3.05) is 25.2 Å². The number of carbonyl (C=O) groups excluding carboxylic acids is 1. The number of benzene rings is 2. The molecule has 1 N–H and O–H groups in total. The largest absolute Gasteiger partial charge is 0.465 e. The van der Waals surface area contributed by atoms with Crippen LogP contribution in [0.15, 0.2) is 48.5 Å². The number of hydrogen-bond donors (Lipinski definition) is 1. The maximum absolute atomic E-state index is 12.9. The molecule has 2 aromatic carbocycles. The summed E-state index contributed by atoms with van der Waals surface area (Å²) in [6, 6.07) is 13.2. The summed E-state index contributed by atoms with van der Waals surface area (Å²) in [5.74, 6) is -1.56. The third-order valence-corrected chi connectivity index (χ3v) is 8.01. The Kier molecular flexibility index (Phi) is 8.63. The van der Waals surface area contributed by atoms with Crippen LogP contribution < -0.4 is 0 Å². The molecule has 0 radical (unpaired) electrons. The molecule has 1 aliphatic rings. The van der Waals surface area contributed by atoms with Crippen molar-refractivity contribution in [3.05, 3.63) is 75.3 Å². The van der Waals surface area contributed by atoms with E-state index in [1.165, 1.54) is 18.2 Å². The van der Waals surface area contributed by atoms with Crippen LogP contribution in [0.5, 0.6) is 0 Å². The average Bonchev–Trinajstić information content (AvgIpc) is 2.80. The number of methoxy groups -OCH3 is 1. The van der Waals surface area contributed by atoms with Gasteiger partial charge in [0.15, 0.2) is 9.84 Å². The fourth-order valence-corrected chi connectivity index (χ4v) is 6.75. The van der Waals surface area contributed by atoms with Crippen LogP contribution in [-0.4, -0.2) is 66.6 Å². The quantitative estimate of drug-likeness (QED) is 0.314. The Hall–Kier alpha value is -2.82. The highest BCUT2D eigenvalue weighted by Gasteiger charge is 2.42. The Morgan fingerprint density at radius 2 is 1.86 bits per heavy atom. The maximum Gasteiger partial charge on any atom is 0.344 e. The van der Waals surface area contributed by atoms with Gasteiger partial charge in [-0.25, -0.2) is 13.2 Å². The first-order chi connectivity index (χ1) is 16.5. The number of rotatable bonds is 9. The van der Waals surface area contributed by atoms with Gasteiger partial charge in [-0.2, -0.15) is 0 Å². The molecule has 0 spiro atoms. The monoisotopic (exact) mass is 504 g/mol. The number of carbonyl (C=O) groups is 1. The SMILES string of the molecule is COC(=O)c1cc(CC2CS(=O)(=O)CC(N(Cc3ccccc3)CC(C)C)C2O)ccc1[N+](=O)[O-]. The first kappa shape index (κ1) is 26.8. The van der Waals surface area contributed by atoms with E-state index in [4.69, 9.17) is 0 Å². The Morgan fingerprint density at radius 1 is 1.17 bits per heavy atom. The summed E-state index contributed by atoms with van der Waals surface area (Å²) < 4.78 is 30.5. The van der Waals surface area contributed by atoms with Gasteiger partial charge in [0.2, 0.25) is 0 Å². The third-order valence-electron chi connectivity index (χ3n) is 6.23. The highest BCUT2D eigenvalue weighted by molar-refractivity contribution is 7.91. The van der Waals surface area contributed by atoms with E-state index in [1.807, 2.05) is 49.1 Å². The van der Waals surface area contributed by atoms with Crippen molar-refractivity contribution in [3.63, 3.8) is 0 Å². The lowest BCUT2D eigenvalue weighted by Crippen LogP contribution is -2.56. The van der Waals surface area contributed by atoms with Crippen molar-refractivity contribution in [1.82, 2.24) is 4.90 Å². The van der Waals surface area contributed by atoms with Gasteiger partial charge in [-0.1, -0.05) is 50.2 Å². The van der Waals surface area contributed by atoms with Crippen LogP contribution in [0.1, 0.15) is 35.3 Å². The number of nitrogens with zero attached hydrogens (tertiary/aromatic N) is 2. The lowest BCUT2D eigenvalue weighted by atomic mass is 9.89. The van der Waals surface area contributed by atoms with E-state index in [1.54, 1.807) is 0 Å². The third kappa shape index (κ3) is 6.87. The van der Waals surface area contributed by atoms with Crippen LogP contribution in [0.4, 0.5) is 5.69 Å². The molecule has 3 rings (SSSR count). The van der Waals surface area contributed by atoms with E-state index in [0.29, 0.717) is 18.7 Å². The zero-order valence-corrected chi connectivity index (χ0v) is 21.0. The van der Waals surface area contributed by atoms with Crippen LogP contribution in [0.25, 0.3) is 0 Å². The van der Waals surface area contributed by atoms with Gasteiger partial charge >= 0.3 is 5.97 Å². The molecule has 0 saturated carbocycles. The standard InChI is InChI=1S/C25H32N2O7S/c1-17(2)13-26(14-18-7-5-4-6-8-18)23-16-35(32,33)15-20(24(23)28)11-19-9-10-22(27(30)31)21(12-19)25(29)34-3/h4-10,12,17,20,23-24,28H,11,13-16H2,1-3H3. The normalized spacial score (nSPS) is 21.7. The molecule has 190 valence electrons. The first-order valence-corrected chi connectivity index (χ1v) is 13.3. The van der Waals surface area contributed by atoms with Crippen LogP contribution in [0.3, 0.4) is 0 Å². The van der Waals surface area contributed by atoms with Gasteiger partial charge in [-0.05, 0) is 29.5 Å². The minimum absolute atomic E-state index is 0.141. The summed E-state index contributed by atoms with van der Waals surface area (Å²) >= 11 is 0. The number of hydrogen-bond acceptors (Lipinski definition) is 8. The Labute approximate surface area is 205 Å². The summed E-state index contributed by atoms with van der Waals surface area (Å²) in [6.07, 6.45) is -0.780. The predicted octanol–water partition coefficient (Wildman–Crippen LogP) is 2.86. The van der Waals surface area contributed by atoms with Gasteiger partial charge in [0, 0.05) is 25.1 Å². The minimum atomic E-state index is -3.46. The van der Waals surface area contributed by atoms with Crippen LogP contribution in [0, 0.1) is 22.0 Å². The molecule has 0 bridgehead atoms.